The van der Waals surface area contributed by atoms with Crippen molar-refractivity contribution < 1.29 is 9.21 Å². The Balaban J connectivity index is 1.17. The maximum atomic E-state index is 13.3. The van der Waals surface area contributed by atoms with Gasteiger partial charge in [-0.05, 0) is 67.1 Å². The average molecular weight is 477 g/mol. The second-order valence-electron chi connectivity index (χ2n) is 9.61. The fourth-order valence-electron chi connectivity index (χ4n) is 5.13. The van der Waals surface area contributed by atoms with Gasteiger partial charge in [0, 0.05) is 42.8 Å². The van der Waals surface area contributed by atoms with Crippen LogP contribution in [0.3, 0.4) is 0 Å². The van der Waals surface area contributed by atoms with E-state index >= 15 is 0 Å². The zero-order valence-corrected chi connectivity index (χ0v) is 20.3. The summed E-state index contributed by atoms with van der Waals surface area (Å²) in [6.45, 7) is 1.54. The predicted octanol–water partition coefficient (Wildman–Crippen LogP) is 5.99. The van der Waals surface area contributed by atoms with E-state index < -0.39 is 0 Å². The summed E-state index contributed by atoms with van der Waals surface area (Å²) in [5, 5.41) is 1.01. The van der Waals surface area contributed by atoms with Crippen LogP contribution in [0.15, 0.2) is 89.9 Å². The highest BCUT2D eigenvalue weighted by Gasteiger charge is 2.25. The summed E-state index contributed by atoms with van der Waals surface area (Å²) in [7, 11) is 1.98. The van der Waals surface area contributed by atoms with Gasteiger partial charge in [0.15, 0.2) is 0 Å². The highest BCUT2D eigenvalue weighted by molar-refractivity contribution is 5.94. The first-order chi connectivity index (χ1) is 17.6. The van der Waals surface area contributed by atoms with Gasteiger partial charge in [0.2, 0.25) is 0 Å². The number of piperidine rings is 1. The number of pyridine rings is 1. The first-order valence-corrected chi connectivity index (χ1v) is 12.4. The lowest BCUT2D eigenvalue weighted by Crippen LogP contribution is -2.39. The van der Waals surface area contributed by atoms with E-state index in [1.807, 2.05) is 53.0 Å². The van der Waals surface area contributed by atoms with Gasteiger partial charge in [0.25, 0.3) is 5.91 Å². The van der Waals surface area contributed by atoms with Crippen LogP contribution in [0, 0.1) is 5.92 Å². The molecule has 4 heterocycles. The first kappa shape index (κ1) is 22.3. The molecule has 0 saturated carbocycles. The van der Waals surface area contributed by atoms with Crippen molar-refractivity contribution in [2.45, 2.75) is 19.3 Å². The van der Waals surface area contributed by atoms with Crippen LogP contribution >= 0.6 is 0 Å². The first-order valence-electron chi connectivity index (χ1n) is 12.4. The van der Waals surface area contributed by atoms with Crippen LogP contribution in [0.1, 0.15) is 28.9 Å². The van der Waals surface area contributed by atoms with Gasteiger partial charge >= 0.3 is 0 Å². The second kappa shape index (κ2) is 9.46. The smallest absolute Gasteiger partial charge is 0.272 e. The third kappa shape index (κ3) is 4.42. The third-order valence-electron chi connectivity index (χ3n) is 7.16. The molecule has 6 rings (SSSR count). The topological polar surface area (TPSA) is 64.2 Å². The summed E-state index contributed by atoms with van der Waals surface area (Å²) in [5.41, 5.74) is 5.62. The Labute approximate surface area is 210 Å². The standard InChI is InChI=1S/C30H28N4O2/c1-33-20-31-19-27(33)23-7-8-28-25(16-23)18-29(36-28)24-9-12-32-26(17-24)30(35)34-13-10-22(11-14-34)15-21-5-3-2-4-6-21/h2-9,12,16-20,22H,10-11,13-15H2,1H3. The zero-order valence-electron chi connectivity index (χ0n) is 20.3. The minimum atomic E-state index is -0.00961. The van der Waals surface area contributed by atoms with Crippen molar-refractivity contribution in [1.29, 1.82) is 0 Å². The number of amides is 1. The van der Waals surface area contributed by atoms with Crippen molar-refractivity contribution in [3.05, 3.63) is 96.7 Å². The summed E-state index contributed by atoms with van der Waals surface area (Å²) in [5.74, 6) is 1.33. The monoisotopic (exact) mass is 476 g/mol. The number of fused-ring (bicyclic) bond motifs is 1. The number of rotatable bonds is 5. The minimum absolute atomic E-state index is 0.00961. The van der Waals surface area contributed by atoms with E-state index in [1.165, 1.54) is 5.56 Å². The van der Waals surface area contributed by atoms with Crippen molar-refractivity contribution in [2.24, 2.45) is 13.0 Å². The molecule has 2 aromatic carbocycles. The molecule has 6 heteroatoms. The molecular formula is C30H28N4O2. The molecule has 0 unspecified atom stereocenters. The number of hydrogen-bond acceptors (Lipinski definition) is 4. The van der Waals surface area contributed by atoms with Gasteiger partial charge in [-0.15, -0.1) is 0 Å². The van der Waals surface area contributed by atoms with Gasteiger partial charge < -0.3 is 13.9 Å². The number of aryl methyl sites for hydroxylation is 1. The summed E-state index contributed by atoms with van der Waals surface area (Å²) < 4.78 is 8.13. The van der Waals surface area contributed by atoms with Crippen LogP contribution in [0.5, 0.6) is 0 Å². The van der Waals surface area contributed by atoms with E-state index in [-0.39, 0.29) is 5.91 Å². The number of carbonyl (C=O) groups excluding carboxylic acids is 1. The Morgan fingerprint density at radius 2 is 1.83 bits per heavy atom. The number of imidazole rings is 1. The molecule has 6 nitrogen and oxygen atoms in total. The number of aromatic nitrogens is 3. The summed E-state index contributed by atoms with van der Waals surface area (Å²) in [4.78, 5) is 23.8. The Bertz CT molecular complexity index is 1510. The lowest BCUT2D eigenvalue weighted by atomic mass is 9.90. The average Bonchev–Trinajstić information content (AvgIpc) is 3.55. The lowest BCUT2D eigenvalue weighted by molar-refractivity contribution is 0.0684. The van der Waals surface area contributed by atoms with Gasteiger partial charge in [-0.3, -0.25) is 9.78 Å². The van der Waals surface area contributed by atoms with Crippen LogP contribution in [0.25, 0.3) is 33.6 Å². The zero-order chi connectivity index (χ0) is 24.5. The van der Waals surface area contributed by atoms with Gasteiger partial charge in [0.05, 0.1) is 18.2 Å². The van der Waals surface area contributed by atoms with Gasteiger partial charge in [-0.2, -0.15) is 0 Å². The van der Waals surface area contributed by atoms with Gasteiger partial charge in [0.1, 0.15) is 17.0 Å². The van der Waals surface area contributed by atoms with Crippen LogP contribution in [0.4, 0.5) is 0 Å². The molecule has 36 heavy (non-hydrogen) atoms. The minimum Gasteiger partial charge on any atom is -0.456 e. The number of benzene rings is 2. The van der Waals surface area contributed by atoms with Crippen LogP contribution in [0.2, 0.25) is 0 Å². The molecule has 1 aliphatic heterocycles. The number of furan rings is 1. The second-order valence-corrected chi connectivity index (χ2v) is 9.61. The van der Waals surface area contributed by atoms with Crippen molar-refractivity contribution in [1.82, 2.24) is 19.4 Å². The molecule has 0 bridgehead atoms. The van der Waals surface area contributed by atoms with Crippen LogP contribution in [-0.2, 0) is 13.5 Å². The number of likely N-dealkylation sites (tertiary alicyclic amines) is 1. The maximum Gasteiger partial charge on any atom is 0.272 e. The SMILES string of the molecule is Cn1cncc1-c1ccc2oc(-c3ccnc(C(=O)N4CCC(Cc5ccccc5)CC4)c3)cc2c1. The molecule has 3 aromatic heterocycles. The lowest BCUT2D eigenvalue weighted by Gasteiger charge is -2.32. The Kier molecular flexibility index (Phi) is 5.85. The third-order valence-corrected chi connectivity index (χ3v) is 7.16. The molecule has 0 radical (unpaired) electrons. The quantitative estimate of drug-likeness (QED) is 0.313. The number of nitrogens with zero attached hydrogens (tertiary/aromatic N) is 4. The van der Waals surface area contributed by atoms with E-state index in [0.717, 1.165) is 65.9 Å². The van der Waals surface area contributed by atoms with Gasteiger partial charge in [-0.25, -0.2) is 4.98 Å². The molecule has 0 atom stereocenters. The molecule has 180 valence electrons. The van der Waals surface area contributed by atoms with Crippen LogP contribution < -0.4 is 0 Å². The fraction of sp³-hybridized carbons (Fsp3) is 0.233. The maximum absolute atomic E-state index is 13.3. The normalized spacial score (nSPS) is 14.4. The number of carbonyl (C=O) groups is 1. The molecule has 1 saturated heterocycles. The molecule has 1 amide bonds. The summed E-state index contributed by atoms with van der Waals surface area (Å²) in [6.07, 6.45) is 8.45. The summed E-state index contributed by atoms with van der Waals surface area (Å²) in [6, 6.07) is 22.5. The molecule has 0 spiro atoms. The number of hydrogen-bond donors (Lipinski definition) is 0. The van der Waals surface area contributed by atoms with Crippen molar-refractivity contribution in [3.63, 3.8) is 0 Å². The van der Waals surface area contributed by atoms with E-state index in [0.29, 0.717) is 11.6 Å². The van der Waals surface area contributed by atoms with E-state index in [9.17, 15) is 4.79 Å². The largest absolute Gasteiger partial charge is 0.456 e. The van der Waals surface area contributed by atoms with Crippen molar-refractivity contribution >= 4 is 16.9 Å². The van der Waals surface area contributed by atoms with Crippen LogP contribution in [-0.4, -0.2) is 38.4 Å². The van der Waals surface area contributed by atoms with E-state index in [4.69, 9.17) is 4.42 Å². The molecule has 5 aromatic rings. The highest BCUT2D eigenvalue weighted by atomic mass is 16.3. The van der Waals surface area contributed by atoms with Crippen molar-refractivity contribution in [2.75, 3.05) is 13.1 Å². The highest BCUT2D eigenvalue weighted by Crippen LogP contribution is 2.31. The molecular weight excluding hydrogens is 448 g/mol. The van der Waals surface area contributed by atoms with E-state index in [1.54, 1.807) is 12.5 Å². The molecule has 0 N–H and O–H groups in total. The fourth-order valence-corrected chi connectivity index (χ4v) is 5.13. The van der Waals surface area contributed by atoms with E-state index in [2.05, 4.69) is 46.4 Å². The molecule has 1 fully saturated rings. The Morgan fingerprint density at radius 3 is 2.61 bits per heavy atom. The molecule has 0 aliphatic carbocycles. The molecule has 1 aliphatic rings. The Morgan fingerprint density at radius 1 is 1.00 bits per heavy atom. The van der Waals surface area contributed by atoms with Crippen molar-refractivity contribution in [3.8, 4) is 22.6 Å². The predicted molar refractivity (Wildman–Crippen MR) is 140 cm³/mol. The summed E-state index contributed by atoms with van der Waals surface area (Å²) >= 11 is 0. The Hall–Kier alpha value is -4.19. The van der Waals surface area contributed by atoms with Gasteiger partial charge in [-0.1, -0.05) is 30.3 Å².